The van der Waals surface area contributed by atoms with Gasteiger partial charge in [-0.3, -0.25) is 0 Å². The van der Waals surface area contributed by atoms with Gasteiger partial charge < -0.3 is 5.73 Å². The lowest BCUT2D eigenvalue weighted by atomic mass is 10.1. The minimum atomic E-state index is -3.47. The predicted octanol–water partition coefficient (Wildman–Crippen LogP) is 2.82. The molecule has 19 heavy (non-hydrogen) atoms. The number of nitrogens with two attached hydrogens (primary N) is 1. The van der Waals surface area contributed by atoms with Gasteiger partial charge in [0.05, 0.1) is 4.90 Å². The van der Waals surface area contributed by atoms with Gasteiger partial charge in [0.2, 0.25) is 10.0 Å². The van der Waals surface area contributed by atoms with Crippen molar-refractivity contribution in [2.75, 3.05) is 5.73 Å². The highest BCUT2D eigenvalue weighted by Crippen LogP contribution is 2.17. The second kappa shape index (κ2) is 6.91. The highest BCUT2D eigenvalue weighted by atomic mass is 32.2. The maximum atomic E-state index is 12.2. The molecule has 1 atom stereocenters. The monoisotopic (exact) mass is 284 g/mol. The predicted molar refractivity (Wildman–Crippen MR) is 79.5 cm³/mol. The molecule has 1 rings (SSSR count). The molecule has 1 aromatic carbocycles. The number of rotatable bonds is 7. The molecule has 0 aliphatic heterocycles. The molecule has 1 unspecified atom stereocenters. The fraction of sp³-hybridized carbons (Fsp3) is 0.571. The molecule has 5 heteroatoms. The Bertz CT molecular complexity index is 512. The van der Waals surface area contributed by atoms with E-state index < -0.39 is 10.0 Å². The smallest absolute Gasteiger partial charge is 0.240 e. The summed E-state index contributed by atoms with van der Waals surface area (Å²) in [5.74, 6) is 0. The van der Waals surface area contributed by atoms with Crippen LogP contribution in [0.1, 0.15) is 45.1 Å². The van der Waals surface area contributed by atoms with Crippen molar-refractivity contribution in [2.45, 2.75) is 57.4 Å². The van der Waals surface area contributed by atoms with Crippen LogP contribution in [-0.4, -0.2) is 14.5 Å². The van der Waals surface area contributed by atoms with E-state index >= 15 is 0 Å². The third-order valence-corrected chi connectivity index (χ3v) is 4.75. The molecular weight excluding hydrogens is 260 g/mol. The normalized spacial score (nSPS) is 13.4. The molecule has 4 nitrogen and oxygen atoms in total. The highest BCUT2D eigenvalue weighted by molar-refractivity contribution is 7.89. The molecule has 0 heterocycles. The van der Waals surface area contributed by atoms with Crippen molar-refractivity contribution in [3.63, 3.8) is 0 Å². The summed E-state index contributed by atoms with van der Waals surface area (Å²) in [7, 11) is -3.47. The maximum absolute atomic E-state index is 12.2. The van der Waals surface area contributed by atoms with Crippen molar-refractivity contribution >= 4 is 15.7 Å². The number of anilines is 1. The molecule has 3 N–H and O–H groups in total. The van der Waals surface area contributed by atoms with Crippen molar-refractivity contribution in [3.8, 4) is 0 Å². The summed E-state index contributed by atoms with van der Waals surface area (Å²) in [6.45, 7) is 5.88. The van der Waals surface area contributed by atoms with Gasteiger partial charge in [0.25, 0.3) is 0 Å². The van der Waals surface area contributed by atoms with Crippen LogP contribution in [-0.2, 0) is 10.0 Å². The second-order valence-electron chi connectivity index (χ2n) is 5.04. The topological polar surface area (TPSA) is 72.2 Å². The van der Waals surface area contributed by atoms with Gasteiger partial charge in [0.1, 0.15) is 0 Å². The number of unbranched alkanes of at least 4 members (excludes halogenated alkanes) is 2. The van der Waals surface area contributed by atoms with Crippen LogP contribution in [0.4, 0.5) is 5.69 Å². The second-order valence-corrected chi connectivity index (χ2v) is 6.75. The van der Waals surface area contributed by atoms with Crippen molar-refractivity contribution in [3.05, 3.63) is 23.8 Å². The first kappa shape index (κ1) is 16.0. The van der Waals surface area contributed by atoms with Crippen LogP contribution in [0.5, 0.6) is 0 Å². The number of nitrogen functional groups attached to an aromatic ring is 1. The number of aryl methyl sites for hydroxylation is 1. The van der Waals surface area contributed by atoms with E-state index in [0.717, 1.165) is 31.2 Å². The van der Waals surface area contributed by atoms with Crippen LogP contribution >= 0.6 is 0 Å². The van der Waals surface area contributed by atoms with E-state index in [9.17, 15) is 8.42 Å². The Balaban J connectivity index is 2.72. The third kappa shape index (κ3) is 4.84. The van der Waals surface area contributed by atoms with Crippen LogP contribution < -0.4 is 10.5 Å². The van der Waals surface area contributed by atoms with Crippen molar-refractivity contribution in [1.82, 2.24) is 4.72 Å². The average molecular weight is 284 g/mol. The van der Waals surface area contributed by atoms with Crippen molar-refractivity contribution < 1.29 is 8.42 Å². The third-order valence-electron chi connectivity index (χ3n) is 3.16. The number of sulfonamides is 1. The summed E-state index contributed by atoms with van der Waals surface area (Å²) in [5.41, 5.74) is 7.14. The summed E-state index contributed by atoms with van der Waals surface area (Å²) in [6, 6.07) is 4.77. The summed E-state index contributed by atoms with van der Waals surface area (Å²) in [6.07, 6.45) is 4.15. The average Bonchev–Trinajstić information content (AvgIpc) is 2.32. The Hall–Kier alpha value is -1.07. The Kier molecular flexibility index (Phi) is 5.82. The standard InChI is InChI=1S/C14H24N2O2S/c1-4-5-6-7-12(3)16-19(17,18)13-9-8-11(2)14(15)10-13/h8-10,12,16H,4-7,15H2,1-3H3. The first-order valence-electron chi connectivity index (χ1n) is 6.75. The van der Waals surface area contributed by atoms with E-state index in [1.807, 2.05) is 13.8 Å². The molecule has 0 spiro atoms. The van der Waals surface area contributed by atoms with Crippen molar-refractivity contribution in [2.24, 2.45) is 0 Å². The quantitative estimate of drug-likeness (QED) is 0.597. The van der Waals surface area contributed by atoms with Gasteiger partial charge in [-0.2, -0.15) is 0 Å². The van der Waals surface area contributed by atoms with Gasteiger partial charge in [-0.1, -0.05) is 32.3 Å². The fourth-order valence-electron chi connectivity index (χ4n) is 1.88. The summed E-state index contributed by atoms with van der Waals surface area (Å²) < 4.78 is 27.0. The first-order valence-corrected chi connectivity index (χ1v) is 8.23. The van der Waals surface area contributed by atoms with Gasteiger partial charge in [-0.25, -0.2) is 13.1 Å². The summed E-state index contributed by atoms with van der Waals surface area (Å²) in [5, 5.41) is 0. The van der Waals surface area contributed by atoms with Gasteiger partial charge >= 0.3 is 0 Å². The fourth-order valence-corrected chi connectivity index (χ4v) is 3.19. The highest BCUT2D eigenvalue weighted by Gasteiger charge is 2.17. The van der Waals surface area contributed by atoms with Crippen LogP contribution in [0.3, 0.4) is 0 Å². The summed E-state index contributed by atoms with van der Waals surface area (Å²) in [4.78, 5) is 0.234. The zero-order chi connectivity index (χ0) is 14.5. The molecule has 0 bridgehead atoms. The lowest BCUT2D eigenvalue weighted by Gasteiger charge is -2.14. The van der Waals surface area contributed by atoms with E-state index in [0.29, 0.717) is 5.69 Å². The largest absolute Gasteiger partial charge is 0.398 e. The van der Waals surface area contributed by atoms with Crippen LogP contribution in [0.15, 0.2) is 23.1 Å². The molecule has 1 aromatic rings. The molecule has 0 radical (unpaired) electrons. The Labute approximate surface area is 116 Å². The van der Waals surface area contributed by atoms with Gasteiger partial charge in [0, 0.05) is 11.7 Å². The Morgan fingerprint density at radius 2 is 2.00 bits per heavy atom. The Morgan fingerprint density at radius 1 is 1.32 bits per heavy atom. The zero-order valence-corrected chi connectivity index (χ0v) is 12.8. The molecule has 0 fully saturated rings. The van der Waals surface area contributed by atoms with Crippen LogP contribution in [0, 0.1) is 6.92 Å². The van der Waals surface area contributed by atoms with E-state index in [2.05, 4.69) is 11.6 Å². The number of hydrogen-bond donors (Lipinski definition) is 2. The minimum absolute atomic E-state index is 0.0564. The lowest BCUT2D eigenvalue weighted by Crippen LogP contribution is -2.32. The molecule has 0 aromatic heterocycles. The van der Waals surface area contributed by atoms with Crippen LogP contribution in [0.2, 0.25) is 0 Å². The first-order chi connectivity index (χ1) is 8.86. The lowest BCUT2D eigenvalue weighted by molar-refractivity contribution is 0.527. The molecule has 108 valence electrons. The van der Waals surface area contributed by atoms with Gasteiger partial charge in [0.15, 0.2) is 0 Å². The van der Waals surface area contributed by atoms with Gasteiger partial charge in [-0.05, 0) is 38.0 Å². The molecule has 0 aliphatic rings. The number of hydrogen-bond acceptors (Lipinski definition) is 3. The molecule has 0 aliphatic carbocycles. The molecule has 0 saturated heterocycles. The molecule has 0 saturated carbocycles. The molecule has 0 amide bonds. The van der Waals surface area contributed by atoms with E-state index in [-0.39, 0.29) is 10.9 Å². The zero-order valence-electron chi connectivity index (χ0n) is 11.9. The number of benzene rings is 1. The van der Waals surface area contributed by atoms with E-state index in [1.165, 1.54) is 6.07 Å². The van der Waals surface area contributed by atoms with Crippen LogP contribution in [0.25, 0.3) is 0 Å². The molecular formula is C14H24N2O2S. The number of nitrogens with one attached hydrogen (secondary N) is 1. The Morgan fingerprint density at radius 3 is 2.58 bits per heavy atom. The SMILES string of the molecule is CCCCCC(C)NS(=O)(=O)c1ccc(C)c(N)c1. The van der Waals surface area contributed by atoms with E-state index in [4.69, 9.17) is 5.73 Å². The minimum Gasteiger partial charge on any atom is -0.398 e. The van der Waals surface area contributed by atoms with Crippen molar-refractivity contribution in [1.29, 1.82) is 0 Å². The summed E-state index contributed by atoms with van der Waals surface area (Å²) >= 11 is 0. The van der Waals surface area contributed by atoms with E-state index in [1.54, 1.807) is 12.1 Å². The maximum Gasteiger partial charge on any atom is 0.240 e. The van der Waals surface area contributed by atoms with Gasteiger partial charge in [-0.15, -0.1) is 0 Å².